The molecule has 4 aromatic rings. The molecule has 0 amide bonds. The zero-order chi connectivity index (χ0) is 23.0. The first kappa shape index (κ1) is 21.5. The molecule has 0 aliphatic heterocycles. The van der Waals surface area contributed by atoms with E-state index >= 15 is 0 Å². The Balaban J connectivity index is 2.15. The summed E-state index contributed by atoms with van der Waals surface area (Å²) in [6.45, 7) is 0. The van der Waals surface area contributed by atoms with Gasteiger partial charge in [0.2, 0.25) is 0 Å². The number of nitro groups is 1. The Hall–Kier alpha value is -3.69. The molecule has 0 aromatic heterocycles. The Labute approximate surface area is 183 Å². The van der Waals surface area contributed by atoms with Gasteiger partial charge in [-0.25, -0.2) is 0 Å². The van der Waals surface area contributed by atoms with Crippen LogP contribution in [0.2, 0.25) is 0 Å². The molecule has 8 nitrogen and oxygen atoms in total. The fourth-order valence-electron chi connectivity index (χ4n) is 4.07. The molecule has 0 atom stereocenters. The van der Waals surface area contributed by atoms with Crippen molar-refractivity contribution >= 4 is 37.4 Å². The highest BCUT2D eigenvalue weighted by molar-refractivity contribution is 7.85. The van der Waals surface area contributed by atoms with Gasteiger partial charge in [-0.3, -0.25) is 14.7 Å². The lowest BCUT2D eigenvalue weighted by Crippen LogP contribution is -2.06. The Bertz CT molecular complexity index is 1480. The SMILES string of the molecule is COc1c2ccccc2c(OC)c2c(Cc3cccc([N+](=O)[O-])c3)c(S(=O)(=O)O)ccc12. The minimum Gasteiger partial charge on any atom is -0.495 e. The van der Waals surface area contributed by atoms with Gasteiger partial charge in [0.05, 0.1) is 24.0 Å². The molecule has 0 unspecified atom stereocenters. The molecule has 9 heteroatoms. The quantitative estimate of drug-likeness (QED) is 0.194. The van der Waals surface area contributed by atoms with Crippen LogP contribution in [-0.2, 0) is 16.5 Å². The number of rotatable bonds is 6. The van der Waals surface area contributed by atoms with E-state index in [1.165, 1.54) is 38.5 Å². The van der Waals surface area contributed by atoms with E-state index in [0.717, 1.165) is 5.39 Å². The third-order valence-corrected chi connectivity index (χ3v) is 6.28. The summed E-state index contributed by atoms with van der Waals surface area (Å²) in [7, 11) is -1.60. The highest BCUT2D eigenvalue weighted by Crippen LogP contribution is 2.45. The minimum absolute atomic E-state index is 0.00595. The standard InChI is InChI=1S/C23H19NO7S/c1-30-22-16-8-3-4-9-17(16)23(31-2)21-18(22)10-11-20(32(27,28)29)19(21)13-14-6-5-7-15(12-14)24(25)26/h3-12H,13H2,1-2H3,(H,27,28,29). The van der Waals surface area contributed by atoms with Crippen molar-refractivity contribution in [3.8, 4) is 11.5 Å². The van der Waals surface area contributed by atoms with Crippen LogP contribution in [0.3, 0.4) is 0 Å². The van der Waals surface area contributed by atoms with Crippen LogP contribution in [0, 0.1) is 10.1 Å². The summed E-state index contributed by atoms with van der Waals surface area (Å²) in [5.41, 5.74) is 0.642. The lowest BCUT2D eigenvalue weighted by Gasteiger charge is -2.19. The Morgan fingerprint density at radius 3 is 2.16 bits per heavy atom. The summed E-state index contributed by atoms with van der Waals surface area (Å²) in [5, 5.41) is 13.7. The predicted molar refractivity (Wildman–Crippen MR) is 120 cm³/mol. The van der Waals surface area contributed by atoms with Crippen LogP contribution >= 0.6 is 0 Å². The second-order valence-corrected chi connectivity index (χ2v) is 8.55. The molecule has 32 heavy (non-hydrogen) atoms. The van der Waals surface area contributed by atoms with Crippen LogP contribution in [0.4, 0.5) is 5.69 Å². The number of ether oxygens (including phenoxy) is 2. The van der Waals surface area contributed by atoms with E-state index in [4.69, 9.17) is 9.47 Å². The third kappa shape index (κ3) is 3.61. The van der Waals surface area contributed by atoms with Crippen molar-refractivity contribution in [3.05, 3.63) is 81.9 Å². The molecule has 0 saturated heterocycles. The number of fused-ring (bicyclic) bond motifs is 2. The summed E-state index contributed by atoms with van der Waals surface area (Å²) in [5.74, 6) is 0.945. The van der Waals surface area contributed by atoms with Crippen molar-refractivity contribution in [2.24, 2.45) is 0 Å². The monoisotopic (exact) mass is 453 g/mol. The average Bonchev–Trinajstić information content (AvgIpc) is 2.77. The molecule has 1 N–H and O–H groups in total. The van der Waals surface area contributed by atoms with Crippen LogP contribution in [0.15, 0.2) is 65.6 Å². The van der Waals surface area contributed by atoms with Gasteiger partial charge in [0.1, 0.15) is 11.5 Å². The zero-order valence-electron chi connectivity index (χ0n) is 17.2. The van der Waals surface area contributed by atoms with E-state index in [1.807, 2.05) is 24.3 Å². The number of methoxy groups -OCH3 is 2. The molecular weight excluding hydrogens is 434 g/mol. The summed E-state index contributed by atoms with van der Waals surface area (Å²) in [6.07, 6.45) is 0.00595. The van der Waals surface area contributed by atoms with Gasteiger partial charge in [0.15, 0.2) is 0 Å². The summed E-state index contributed by atoms with van der Waals surface area (Å²) in [6, 6.07) is 16.1. The fourth-order valence-corrected chi connectivity index (χ4v) is 4.79. The van der Waals surface area contributed by atoms with Crippen molar-refractivity contribution in [2.45, 2.75) is 11.3 Å². The van der Waals surface area contributed by atoms with Gasteiger partial charge in [-0.15, -0.1) is 0 Å². The average molecular weight is 453 g/mol. The largest absolute Gasteiger partial charge is 0.495 e. The third-order valence-electron chi connectivity index (χ3n) is 5.35. The summed E-state index contributed by atoms with van der Waals surface area (Å²) < 4.78 is 45.8. The van der Waals surface area contributed by atoms with Crippen molar-refractivity contribution in [2.75, 3.05) is 14.2 Å². The zero-order valence-corrected chi connectivity index (χ0v) is 18.0. The van der Waals surface area contributed by atoms with E-state index in [2.05, 4.69) is 0 Å². The highest BCUT2D eigenvalue weighted by Gasteiger charge is 2.25. The van der Waals surface area contributed by atoms with Gasteiger partial charge < -0.3 is 9.47 Å². The lowest BCUT2D eigenvalue weighted by atomic mass is 9.93. The first-order valence-electron chi connectivity index (χ1n) is 9.55. The molecule has 0 aliphatic rings. The van der Waals surface area contributed by atoms with E-state index < -0.39 is 15.0 Å². The van der Waals surface area contributed by atoms with Crippen LogP contribution < -0.4 is 9.47 Å². The molecule has 0 aliphatic carbocycles. The van der Waals surface area contributed by atoms with E-state index in [9.17, 15) is 23.1 Å². The van der Waals surface area contributed by atoms with Crippen molar-refractivity contribution < 1.29 is 27.4 Å². The van der Waals surface area contributed by atoms with Crippen LogP contribution in [-0.4, -0.2) is 32.1 Å². The Morgan fingerprint density at radius 1 is 0.906 bits per heavy atom. The molecule has 164 valence electrons. The molecule has 0 fully saturated rings. The molecule has 4 aromatic carbocycles. The van der Waals surface area contributed by atoms with E-state index in [-0.39, 0.29) is 22.6 Å². The molecule has 0 radical (unpaired) electrons. The number of non-ortho nitro benzene ring substituents is 1. The molecule has 0 spiro atoms. The van der Waals surface area contributed by atoms with E-state index in [1.54, 1.807) is 12.1 Å². The van der Waals surface area contributed by atoms with Gasteiger partial charge in [-0.2, -0.15) is 8.42 Å². The number of benzene rings is 4. The number of hydrogen-bond acceptors (Lipinski definition) is 6. The van der Waals surface area contributed by atoms with Crippen LogP contribution in [0.25, 0.3) is 21.5 Å². The molecule has 0 heterocycles. The highest BCUT2D eigenvalue weighted by atomic mass is 32.2. The second kappa shape index (κ2) is 8.10. The first-order chi connectivity index (χ1) is 15.3. The maximum atomic E-state index is 12.3. The first-order valence-corrected chi connectivity index (χ1v) is 11.0. The second-order valence-electron chi connectivity index (χ2n) is 7.16. The van der Waals surface area contributed by atoms with Gasteiger partial charge >= 0.3 is 0 Å². The van der Waals surface area contributed by atoms with Crippen molar-refractivity contribution in [1.29, 1.82) is 0 Å². The van der Waals surface area contributed by atoms with Crippen LogP contribution in [0.5, 0.6) is 11.5 Å². The van der Waals surface area contributed by atoms with E-state index in [0.29, 0.717) is 33.2 Å². The topological polar surface area (TPSA) is 116 Å². The number of nitrogens with zero attached hydrogens (tertiary/aromatic N) is 1. The Kier molecular flexibility index (Phi) is 5.45. The normalized spacial score (nSPS) is 11.6. The van der Waals surface area contributed by atoms with Crippen molar-refractivity contribution in [3.63, 3.8) is 0 Å². The molecule has 0 bridgehead atoms. The predicted octanol–water partition coefficient (Wildman–Crippen LogP) is 4.76. The fraction of sp³-hybridized carbons (Fsp3) is 0.130. The lowest BCUT2D eigenvalue weighted by molar-refractivity contribution is -0.384. The number of nitro benzene ring substituents is 1. The maximum Gasteiger partial charge on any atom is 0.294 e. The van der Waals surface area contributed by atoms with Gasteiger partial charge in [-0.1, -0.05) is 36.4 Å². The van der Waals surface area contributed by atoms with Gasteiger partial charge in [-0.05, 0) is 29.7 Å². The summed E-state index contributed by atoms with van der Waals surface area (Å²) >= 11 is 0. The van der Waals surface area contributed by atoms with Gasteiger partial charge in [0.25, 0.3) is 15.8 Å². The summed E-state index contributed by atoms with van der Waals surface area (Å²) in [4.78, 5) is 10.4. The molecular formula is C23H19NO7S. The smallest absolute Gasteiger partial charge is 0.294 e. The minimum atomic E-state index is -4.60. The number of hydrogen-bond donors (Lipinski definition) is 1. The maximum absolute atomic E-state index is 12.3. The Morgan fingerprint density at radius 2 is 1.56 bits per heavy atom. The molecule has 0 saturated carbocycles. The molecule has 4 rings (SSSR count). The van der Waals surface area contributed by atoms with Gasteiger partial charge in [0, 0.05) is 33.7 Å². The van der Waals surface area contributed by atoms with Crippen molar-refractivity contribution in [1.82, 2.24) is 0 Å². The van der Waals surface area contributed by atoms with Crippen LogP contribution in [0.1, 0.15) is 11.1 Å².